The molecule has 5 N–H and O–H groups in total. The van der Waals surface area contributed by atoms with Crippen LogP contribution in [0.25, 0.3) is 0 Å². The van der Waals surface area contributed by atoms with Crippen LogP contribution in [-0.2, 0) is 9.59 Å². The fourth-order valence-corrected chi connectivity index (χ4v) is 8.10. The van der Waals surface area contributed by atoms with E-state index in [1.165, 1.54) is 0 Å². The predicted octanol–water partition coefficient (Wildman–Crippen LogP) is 1.92. The van der Waals surface area contributed by atoms with Gasteiger partial charge in [-0.15, -0.1) is 0 Å². The number of ketones is 2. The highest BCUT2D eigenvalue weighted by molar-refractivity contribution is 5.97. The van der Waals surface area contributed by atoms with Crippen molar-refractivity contribution in [3.05, 3.63) is 11.6 Å². The van der Waals surface area contributed by atoms with E-state index in [0.29, 0.717) is 31.3 Å². The molecule has 4 aliphatic rings. The van der Waals surface area contributed by atoms with Crippen LogP contribution >= 0.6 is 0 Å². The smallest absolute Gasteiger partial charge is 0.161 e. The van der Waals surface area contributed by atoms with Gasteiger partial charge in [-0.3, -0.25) is 9.59 Å². The van der Waals surface area contributed by atoms with Gasteiger partial charge in [0.25, 0.3) is 0 Å². The van der Waals surface area contributed by atoms with E-state index < -0.39 is 52.2 Å². The SMILES string of the molecule is CC(C)[C@@H](O)C[C@@H](O)[C@](C)(O)[C@H]1CC[C@@]2(O)C3=CC(=O)[C@@H]4C[C@H](O)C(=O)C[C@]4(C)[C@H]3CC[C@]12C. The Hall–Kier alpha value is -1.12. The zero-order chi connectivity index (χ0) is 25.4. The molecule has 0 aliphatic heterocycles. The number of carbonyl (C=O) groups excluding carboxylic acids is 2. The minimum atomic E-state index is -1.53. The third-order valence-corrected chi connectivity index (χ3v) is 10.5. The molecule has 0 aromatic heterocycles. The quantitative estimate of drug-likeness (QED) is 0.407. The summed E-state index contributed by atoms with van der Waals surface area (Å²) in [5.41, 5.74) is -3.62. The van der Waals surface area contributed by atoms with E-state index in [-0.39, 0.29) is 42.7 Å². The minimum absolute atomic E-state index is 0.0453. The molecule has 4 aliphatic carbocycles. The molecule has 0 aromatic carbocycles. The monoisotopic (exact) mass is 478 g/mol. The molecule has 0 bridgehead atoms. The highest BCUT2D eigenvalue weighted by Gasteiger charge is 2.69. The summed E-state index contributed by atoms with van der Waals surface area (Å²) in [6.45, 7) is 9.20. The van der Waals surface area contributed by atoms with Crippen molar-refractivity contribution in [2.75, 3.05) is 0 Å². The molecule has 0 aromatic rings. The Bertz CT molecular complexity index is 893. The summed E-state index contributed by atoms with van der Waals surface area (Å²) >= 11 is 0. The number of allylic oxidation sites excluding steroid dienone is 1. The molecule has 7 heteroatoms. The maximum atomic E-state index is 13.2. The lowest BCUT2D eigenvalue weighted by Gasteiger charge is -2.60. The van der Waals surface area contributed by atoms with E-state index in [4.69, 9.17) is 0 Å². The Labute approximate surface area is 202 Å². The first-order valence-electron chi connectivity index (χ1n) is 12.9. The lowest BCUT2D eigenvalue weighted by atomic mass is 9.45. The summed E-state index contributed by atoms with van der Waals surface area (Å²) in [5.74, 6) is -1.47. The van der Waals surface area contributed by atoms with Crippen LogP contribution in [0.3, 0.4) is 0 Å². The van der Waals surface area contributed by atoms with E-state index in [0.717, 1.165) is 0 Å². The average Bonchev–Trinajstić information content (AvgIpc) is 3.02. The van der Waals surface area contributed by atoms with E-state index in [2.05, 4.69) is 0 Å². The molecule has 0 spiro atoms. The molecular weight excluding hydrogens is 436 g/mol. The van der Waals surface area contributed by atoms with Crippen LogP contribution in [0.1, 0.15) is 79.6 Å². The molecule has 4 rings (SSSR count). The summed E-state index contributed by atoms with van der Waals surface area (Å²) in [4.78, 5) is 25.7. The van der Waals surface area contributed by atoms with Crippen molar-refractivity contribution >= 4 is 11.6 Å². The summed E-state index contributed by atoms with van der Waals surface area (Å²) in [7, 11) is 0. The van der Waals surface area contributed by atoms with Crippen LogP contribution in [0.2, 0.25) is 0 Å². The summed E-state index contributed by atoms with van der Waals surface area (Å²) in [6, 6.07) is 0. The van der Waals surface area contributed by atoms with Crippen LogP contribution in [0.5, 0.6) is 0 Å². The van der Waals surface area contributed by atoms with Crippen molar-refractivity contribution in [2.45, 2.75) is 109 Å². The maximum Gasteiger partial charge on any atom is 0.161 e. The fourth-order valence-electron chi connectivity index (χ4n) is 8.10. The van der Waals surface area contributed by atoms with Crippen LogP contribution in [0.4, 0.5) is 0 Å². The summed E-state index contributed by atoms with van der Waals surface area (Å²) < 4.78 is 0. The van der Waals surface area contributed by atoms with Crippen LogP contribution < -0.4 is 0 Å². The molecule has 0 unspecified atom stereocenters. The average molecular weight is 479 g/mol. The number of fused-ring (bicyclic) bond motifs is 5. The number of hydrogen-bond acceptors (Lipinski definition) is 7. The van der Waals surface area contributed by atoms with Crippen molar-refractivity contribution in [3.8, 4) is 0 Å². The Kier molecular flexibility index (Phi) is 6.26. The maximum absolute atomic E-state index is 13.2. The lowest BCUT2D eigenvalue weighted by Crippen LogP contribution is -2.62. The van der Waals surface area contributed by atoms with Gasteiger partial charge in [-0.05, 0) is 73.8 Å². The predicted molar refractivity (Wildman–Crippen MR) is 126 cm³/mol. The van der Waals surface area contributed by atoms with Gasteiger partial charge in [-0.25, -0.2) is 0 Å². The molecule has 34 heavy (non-hydrogen) atoms. The topological polar surface area (TPSA) is 135 Å². The molecule has 0 amide bonds. The molecule has 0 heterocycles. The molecular formula is C27H42O7. The molecule has 192 valence electrons. The van der Waals surface area contributed by atoms with Gasteiger partial charge in [0.2, 0.25) is 0 Å². The van der Waals surface area contributed by atoms with Crippen molar-refractivity contribution in [2.24, 2.45) is 34.5 Å². The van der Waals surface area contributed by atoms with Crippen LogP contribution in [-0.4, -0.2) is 66.6 Å². The number of Topliss-reactive ketones (excluding diaryl/α,β-unsaturated/α-hetero) is 1. The van der Waals surface area contributed by atoms with Gasteiger partial charge >= 0.3 is 0 Å². The van der Waals surface area contributed by atoms with Crippen molar-refractivity contribution in [1.29, 1.82) is 0 Å². The summed E-state index contributed by atoms with van der Waals surface area (Å²) in [5, 5.41) is 55.1. The minimum Gasteiger partial charge on any atom is -0.393 e. The largest absolute Gasteiger partial charge is 0.393 e. The lowest BCUT2D eigenvalue weighted by molar-refractivity contribution is -0.176. The number of aliphatic hydroxyl groups excluding tert-OH is 3. The zero-order valence-electron chi connectivity index (χ0n) is 21.1. The first-order chi connectivity index (χ1) is 15.6. The molecule has 0 radical (unpaired) electrons. The molecule has 10 atom stereocenters. The Morgan fingerprint density at radius 2 is 1.76 bits per heavy atom. The second-order valence-electron chi connectivity index (χ2n) is 12.7. The van der Waals surface area contributed by atoms with Gasteiger partial charge in [-0.2, -0.15) is 0 Å². The number of aliphatic hydroxyl groups is 5. The van der Waals surface area contributed by atoms with E-state index in [1.54, 1.807) is 13.0 Å². The molecule has 3 saturated carbocycles. The third-order valence-electron chi connectivity index (χ3n) is 10.5. The Balaban J connectivity index is 1.68. The standard InChI is InChI=1S/C27H42O7/c1-14(2)18(28)12-23(32)26(5,33)22-7-9-27(34)16-10-19(29)17-11-20(30)21(31)13-24(17,3)15(16)6-8-25(22,27)4/h10,14-15,17-18,20,22-23,28,30,32-34H,6-9,11-13H2,1-5H3/t15-,17-,18-,20-,22-,23+,24+,25+,26+,27+/m0/s1. The van der Waals surface area contributed by atoms with Gasteiger partial charge in [0.15, 0.2) is 11.6 Å². The number of hydrogen-bond donors (Lipinski definition) is 5. The second-order valence-corrected chi connectivity index (χ2v) is 12.7. The van der Waals surface area contributed by atoms with Gasteiger partial charge in [0, 0.05) is 24.2 Å². The van der Waals surface area contributed by atoms with Crippen molar-refractivity contribution in [3.63, 3.8) is 0 Å². The van der Waals surface area contributed by atoms with E-state index >= 15 is 0 Å². The van der Waals surface area contributed by atoms with Gasteiger partial charge < -0.3 is 25.5 Å². The molecule has 7 nitrogen and oxygen atoms in total. The van der Waals surface area contributed by atoms with Crippen LogP contribution in [0, 0.1) is 34.5 Å². The summed E-state index contributed by atoms with van der Waals surface area (Å²) in [6.07, 6.45) is 0.914. The number of rotatable bonds is 5. The third kappa shape index (κ3) is 3.49. The van der Waals surface area contributed by atoms with Gasteiger partial charge in [-0.1, -0.05) is 27.7 Å². The van der Waals surface area contributed by atoms with E-state index in [9.17, 15) is 35.1 Å². The van der Waals surface area contributed by atoms with Gasteiger partial charge in [0.05, 0.1) is 23.4 Å². The first kappa shape index (κ1) is 26.0. The first-order valence-corrected chi connectivity index (χ1v) is 12.9. The van der Waals surface area contributed by atoms with Crippen molar-refractivity contribution in [1.82, 2.24) is 0 Å². The second kappa shape index (κ2) is 8.20. The molecule has 0 saturated heterocycles. The highest BCUT2D eigenvalue weighted by Crippen LogP contribution is 2.68. The van der Waals surface area contributed by atoms with Crippen LogP contribution in [0.15, 0.2) is 11.6 Å². The van der Waals surface area contributed by atoms with E-state index in [1.807, 2.05) is 27.7 Å². The van der Waals surface area contributed by atoms with Gasteiger partial charge in [0.1, 0.15) is 6.10 Å². The normalized spacial score (nSPS) is 45.7. The van der Waals surface area contributed by atoms with Crippen molar-refractivity contribution < 1.29 is 35.1 Å². The Morgan fingerprint density at radius 1 is 1.12 bits per heavy atom. The zero-order valence-corrected chi connectivity index (χ0v) is 21.1. The highest BCUT2D eigenvalue weighted by atomic mass is 16.3. The number of carbonyl (C=O) groups is 2. The molecule has 3 fully saturated rings. The fraction of sp³-hybridized carbons (Fsp3) is 0.852. The Morgan fingerprint density at radius 3 is 2.38 bits per heavy atom.